The third-order valence-electron chi connectivity index (χ3n) is 6.08. The lowest BCUT2D eigenvalue weighted by Crippen LogP contribution is -2.49. The molecule has 0 fully saturated rings. The van der Waals surface area contributed by atoms with Crippen LogP contribution in [0.5, 0.6) is 0 Å². The number of aryl methyl sites for hydroxylation is 3. The largest absolute Gasteiger partial charge is 0.344 e. The monoisotopic (exact) mass is 430 g/mol. The summed E-state index contributed by atoms with van der Waals surface area (Å²) in [6, 6.07) is 16.9. The van der Waals surface area contributed by atoms with Crippen molar-refractivity contribution in [3.05, 3.63) is 77.4 Å². The van der Waals surface area contributed by atoms with Crippen molar-refractivity contribution < 1.29 is 9.59 Å². The van der Waals surface area contributed by atoms with Gasteiger partial charge in [0.05, 0.1) is 5.69 Å². The van der Waals surface area contributed by atoms with Gasteiger partial charge in [0.15, 0.2) is 0 Å². The highest BCUT2D eigenvalue weighted by Crippen LogP contribution is 2.32. The molecule has 4 rings (SSSR count). The first kappa shape index (κ1) is 21.8. The predicted molar refractivity (Wildman–Crippen MR) is 125 cm³/mol. The number of imidazole rings is 1. The molecule has 166 valence electrons. The molecule has 2 unspecified atom stereocenters. The highest BCUT2D eigenvalue weighted by molar-refractivity contribution is 6.34. The molecular formula is C26H30N4O2. The maximum absolute atomic E-state index is 12.5. The van der Waals surface area contributed by atoms with Gasteiger partial charge in [-0.3, -0.25) is 9.59 Å². The van der Waals surface area contributed by atoms with Crippen molar-refractivity contribution in [2.75, 3.05) is 14.1 Å². The number of carbonyl (C=O) groups excluding carboxylic acids is 2. The van der Waals surface area contributed by atoms with Crippen LogP contribution < -0.4 is 5.32 Å². The summed E-state index contributed by atoms with van der Waals surface area (Å²) in [6.07, 6.45) is 3.56. The van der Waals surface area contributed by atoms with Crippen LogP contribution in [-0.4, -0.2) is 46.4 Å². The van der Waals surface area contributed by atoms with E-state index in [1.165, 1.54) is 27.2 Å². The number of rotatable bonds is 4. The van der Waals surface area contributed by atoms with E-state index >= 15 is 0 Å². The molecule has 3 aromatic rings. The van der Waals surface area contributed by atoms with E-state index in [4.69, 9.17) is 4.98 Å². The molecule has 1 aliphatic heterocycles. The van der Waals surface area contributed by atoms with E-state index in [1.54, 1.807) is 14.1 Å². The highest BCUT2D eigenvalue weighted by Gasteiger charge is 2.34. The van der Waals surface area contributed by atoms with Crippen LogP contribution in [0.1, 0.15) is 35.0 Å². The molecule has 1 N–H and O–H groups in total. The number of nitrogens with one attached hydrogen (secondary N) is 1. The van der Waals surface area contributed by atoms with Crippen molar-refractivity contribution in [3.8, 4) is 11.1 Å². The number of aromatic nitrogens is 2. The first-order chi connectivity index (χ1) is 15.3. The fourth-order valence-corrected chi connectivity index (χ4v) is 4.50. The van der Waals surface area contributed by atoms with E-state index in [0.717, 1.165) is 30.9 Å². The molecule has 0 radical (unpaired) electrons. The molecular weight excluding hydrogens is 400 g/mol. The van der Waals surface area contributed by atoms with Gasteiger partial charge in [-0.2, -0.15) is 0 Å². The number of nitrogens with zero attached hydrogens (tertiary/aromatic N) is 3. The maximum Gasteiger partial charge on any atom is 0.311 e. The third kappa shape index (κ3) is 4.59. The Labute approximate surface area is 189 Å². The molecule has 2 amide bonds. The van der Waals surface area contributed by atoms with Crippen LogP contribution in [0.2, 0.25) is 0 Å². The Morgan fingerprint density at radius 1 is 1.09 bits per heavy atom. The standard InChI is InChI=1S/C26H30N4O2/c1-17-7-5-9-20(13-17)21-10-6-8-19(14-21)15-22-23(28-25(31)26(32)29(3)4)11-12-30-16-18(2)27-24(22)30/h5-10,13-14,16,22-23H,11-12,15H2,1-4H3,(H,28,31). The Morgan fingerprint density at radius 3 is 2.53 bits per heavy atom. The second-order valence-electron chi connectivity index (χ2n) is 8.88. The van der Waals surface area contributed by atoms with Gasteiger partial charge in [0.1, 0.15) is 5.82 Å². The van der Waals surface area contributed by atoms with Crippen LogP contribution in [0.4, 0.5) is 0 Å². The minimum atomic E-state index is -0.560. The molecule has 32 heavy (non-hydrogen) atoms. The van der Waals surface area contributed by atoms with E-state index in [0.29, 0.717) is 0 Å². The Morgan fingerprint density at radius 2 is 1.81 bits per heavy atom. The van der Waals surface area contributed by atoms with Crippen LogP contribution >= 0.6 is 0 Å². The zero-order valence-corrected chi connectivity index (χ0v) is 19.1. The van der Waals surface area contributed by atoms with Gasteiger partial charge in [-0.05, 0) is 43.4 Å². The smallest absolute Gasteiger partial charge is 0.311 e. The van der Waals surface area contributed by atoms with Crippen molar-refractivity contribution in [3.63, 3.8) is 0 Å². The average Bonchev–Trinajstić information content (AvgIpc) is 3.15. The molecule has 0 bridgehead atoms. The lowest BCUT2D eigenvalue weighted by Gasteiger charge is -2.33. The van der Waals surface area contributed by atoms with Crippen LogP contribution in [-0.2, 0) is 22.6 Å². The maximum atomic E-state index is 12.5. The van der Waals surface area contributed by atoms with Crippen molar-refractivity contribution in [2.24, 2.45) is 0 Å². The lowest BCUT2D eigenvalue weighted by molar-refractivity contribution is -0.144. The SMILES string of the molecule is Cc1cccc(-c2cccc(CC3c4nc(C)cn4CCC3NC(=O)C(=O)N(C)C)c2)c1. The fourth-order valence-electron chi connectivity index (χ4n) is 4.50. The Bertz CT molecular complexity index is 1150. The quantitative estimate of drug-likeness (QED) is 0.645. The Hall–Kier alpha value is -3.41. The molecule has 6 heteroatoms. The average molecular weight is 431 g/mol. The van der Waals surface area contributed by atoms with E-state index in [1.807, 2.05) is 6.92 Å². The molecule has 0 spiro atoms. The molecule has 6 nitrogen and oxygen atoms in total. The summed E-state index contributed by atoms with van der Waals surface area (Å²) in [5.74, 6) is -0.132. The van der Waals surface area contributed by atoms with Gasteiger partial charge in [-0.1, -0.05) is 54.1 Å². The number of benzene rings is 2. The van der Waals surface area contributed by atoms with Gasteiger partial charge in [-0.25, -0.2) is 4.98 Å². The summed E-state index contributed by atoms with van der Waals surface area (Å²) >= 11 is 0. The van der Waals surface area contributed by atoms with E-state index in [2.05, 4.69) is 71.5 Å². The molecule has 2 aromatic carbocycles. The molecule has 0 saturated heterocycles. The molecule has 0 saturated carbocycles. The van der Waals surface area contributed by atoms with E-state index in [-0.39, 0.29) is 12.0 Å². The fraction of sp³-hybridized carbons (Fsp3) is 0.346. The normalized spacial score (nSPS) is 17.5. The lowest BCUT2D eigenvalue weighted by atomic mass is 9.86. The van der Waals surface area contributed by atoms with Crippen LogP contribution in [0.3, 0.4) is 0 Å². The Balaban J connectivity index is 1.63. The van der Waals surface area contributed by atoms with Crippen molar-refractivity contribution in [1.29, 1.82) is 0 Å². The number of hydrogen-bond donors (Lipinski definition) is 1. The van der Waals surface area contributed by atoms with E-state index < -0.39 is 11.8 Å². The van der Waals surface area contributed by atoms with Gasteiger partial charge in [0, 0.05) is 38.8 Å². The predicted octanol–water partition coefficient (Wildman–Crippen LogP) is 3.47. The molecule has 0 aliphatic carbocycles. The van der Waals surface area contributed by atoms with Gasteiger partial charge < -0.3 is 14.8 Å². The van der Waals surface area contributed by atoms with Gasteiger partial charge in [0.2, 0.25) is 0 Å². The first-order valence-corrected chi connectivity index (χ1v) is 11.0. The van der Waals surface area contributed by atoms with Gasteiger partial charge in [-0.15, -0.1) is 0 Å². The van der Waals surface area contributed by atoms with Crippen LogP contribution in [0.25, 0.3) is 11.1 Å². The molecule has 1 aromatic heterocycles. The summed E-state index contributed by atoms with van der Waals surface area (Å²) in [5, 5.41) is 2.99. The van der Waals surface area contributed by atoms with E-state index in [9.17, 15) is 9.59 Å². The minimum Gasteiger partial charge on any atom is -0.344 e. The third-order valence-corrected chi connectivity index (χ3v) is 6.08. The molecule has 1 aliphatic rings. The summed E-state index contributed by atoms with van der Waals surface area (Å²) < 4.78 is 2.18. The number of carbonyl (C=O) groups is 2. The first-order valence-electron chi connectivity index (χ1n) is 11.0. The molecule has 2 heterocycles. The molecule has 2 atom stereocenters. The van der Waals surface area contributed by atoms with Crippen molar-refractivity contribution in [1.82, 2.24) is 19.8 Å². The summed E-state index contributed by atoms with van der Waals surface area (Å²) in [6.45, 7) is 4.86. The van der Waals surface area contributed by atoms with Crippen molar-refractivity contribution >= 4 is 11.8 Å². The van der Waals surface area contributed by atoms with Crippen LogP contribution in [0, 0.1) is 13.8 Å². The van der Waals surface area contributed by atoms with Gasteiger partial charge >= 0.3 is 11.8 Å². The minimum absolute atomic E-state index is 0.0101. The summed E-state index contributed by atoms with van der Waals surface area (Å²) in [5.41, 5.74) is 5.74. The number of fused-ring (bicyclic) bond motifs is 1. The number of amides is 2. The highest BCUT2D eigenvalue weighted by atomic mass is 16.2. The Kier molecular flexibility index (Phi) is 6.12. The number of hydrogen-bond acceptors (Lipinski definition) is 3. The topological polar surface area (TPSA) is 67.2 Å². The zero-order chi connectivity index (χ0) is 22.8. The van der Waals surface area contributed by atoms with Crippen LogP contribution in [0.15, 0.2) is 54.7 Å². The zero-order valence-electron chi connectivity index (χ0n) is 19.1. The second-order valence-corrected chi connectivity index (χ2v) is 8.88. The summed E-state index contributed by atoms with van der Waals surface area (Å²) in [4.78, 5) is 30.7. The van der Waals surface area contributed by atoms with Crippen molar-refractivity contribution in [2.45, 2.75) is 45.2 Å². The summed E-state index contributed by atoms with van der Waals surface area (Å²) in [7, 11) is 3.18. The van der Waals surface area contributed by atoms with Gasteiger partial charge in [0.25, 0.3) is 0 Å². The second kappa shape index (κ2) is 8.99. The number of likely N-dealkylation sites (N-methyl/N-ethyl adjacent to an activating group) is 1.